The van der Waals surface area contributed by atoms with E-state index in [0.29, 0.717) is 5.82 Å². The number of aromatic nitrogens is 2. The number of carbonyl (C=O) groups excluding carboxylic acids is 1. The number of aliphatic hydroxyl groups is 1. The molecule has 0 aliphatic heterocycles. The fourth-order valence-electron chi connectivity index (χ4n) is 1.15. The maximum absolute atomic E-state index is 11.9. The summed E-state index contributed by atoms with van der Waals surface area (Å²) in [5.41, 5.74) is -0.590. The summed E-state index contributed by atoms with van der Waals surface area (Å²) >= 11 is 0. The molecule has 1 amide bonds. The first-order valence-electron chi connectivity index (χ1n) is 5.31. The Kier molecular flexibility index (Phi) is 4.39. The van der Waals surface area contributed by atoms with Crippen molar-refractivity contribution in [3.8, 4) is 0 Å². The quantitative estimate of drug-likeness (QED) is 0.858. The second-order valence-electron chi connectivity index (χ2n) is 4.42. The summed E-state index contributed by atoms with van der Waals surface area (Å²) in [6.45, 7) is 5.28. The fourth-order valence-corrected chi connectivity index (χ4v) is 1.15. The molecule has 0 aromatic carbocycles. The third-order valence-corrected chi connectivity index (χ3v) is 1.76. The van der Waals surface area contributed by atoms with Crippen LogP contribution in [-0.2, 0) is 4.74 Å². The highest BCUT2D eigenvalue weighted by Gasteiger charge is 2.23. The smallest absolute Gasteiger partial charge is 0.416 e. The number of hydrogen-bond acceptors (Lipinski definition) is 5. The monoisotopic (exact) mass is 239 g/mol. The van der Waals surface area contributed by atoms with Gasteiger partial charge in [0.2, 0.25) is 0 Å². The minimum Gasteiger partial charge on any atom is -0.443 e. The Balaban J connectivity index is 2.83. The molecule has 0 aliphatic rings. The van der Waals surface area contributed by atoms with Crippen molar-refractivity contribution < 1.29 is 14.6 Å². The lowest BCUT2D eigenvalue weighted by Crippen LogP contribution is -2.39. The van der Waals surface area contributed by atoms with Crippen LogP contribution in [0.3, 0.4) is 0 Å². The number of rotatable bonds is 3. The molecular weight excluding hydrogens is 222 g/mol. The van der Waals surface area contributed by atoms with Crippen LogP contribution >= 0.6 is 0 Å². The van der Waals surface area contributed by atoms with E-state index in [0.717, 1.165) is 0 Å². The normalized spacial score (nSPS) is 11.1. The molecule has 6 nitrogen and oxygen atoms in total. The van der Waals surface area contributed by atoms with Gasteiger partial charge < -0.3 is 9.84 Å². The van der Waals surface area contributed by atoms with Gasteiger partial charge in [0.25, 0.3) is 0 Å². The van der Waals surface area contributed by atoms with E-state index in [1.54, 1.807) is 20.8 Å². The largest absolute Gasteiger partial charge is 0.443 e. The summed E-state index contributed by atoms with van der Waals surface area (Å²) in [5.74, 6) is 0.357. The number of aliphatic hydroxyl groups excluding tert-OH is 1. The van der Waals surface area contributed by atoms with Gasteiger partial charge in [0.15, 0.2) is 5.82 Å². The number of nitrogens with zero attached hydrogens (tertiary/aromatic N) is 3. The van der Waals surface area contributed by atoms with E-state index in [1.165, 1.54) is 23.5 Å². The van der Waals surface area contributed by atoms with Crippen molar-refractivity contribution >= 4 is 11.9 Å². The van der Waals surface area contributed by atoms with Crippen molar-refractivity contribution in [3.63, 3.8) is 0 Å². The highest BCUT2D eigenvalue weighted by atomic mass is 16.6. The zero-order valence-corrected chi connectivity index (χ0v) is 10.3. The zero-order chi connectivity index (χ0) is 12.9. The minimum absolute atomic E-state index is 0.119. The molecule has 6 heteroatoms. The lowest BCUT2D eigenvalue weighted by atomic mass is 10.2. The third-order valence-electron chi connectivity index (χ3n) is 1.76. The molecular formula is C11H17N3O3. The summed E-state index contributed by atoms with van der Waals surface area (Å²) in [6.07, 6.45) is 3.88. The number of amides is 1. The molecule has 0 saturated carbocycles. The van der Waals surface area contributed by atoms with Crippen LogP contribution in [0.5, 0.6) is 0 Å². The molecule has 0 saturated heterocycles. The van der Waals surface area contributed by atoms with Gasteiger partial charge in [0.05, 0.1) is 19.3 Å². The number of anilines is 1. The van der Waals surface area contributed by atoms with Crippen LogP contribution in [0.4, 0.5) is 10.6 Å². The van der Waals surface area contributed by atoms with E-state index in [1.807, 2.05) is 0 Å². The zero-order valence-electron chi connectivity index (χ0n) is 10.3. The van der Waals surface area contributed by atoms with Gasteiger partial charge in [-0.1, -0.05) is 0 Å². The average Bonchev–Trinajstić information content (AvgIpc) is 2.24. The molecule has 0 bridgehead atoms. The Morgan fingerprint density at radius 2 is 2.18 bits per heavy atom. The van der Waals surface area contributed by atoms with E-state index in [4.69, 9.17) is 9.84 Å². The Labute approximate surface area is 100 Å². The molecule has 0 fully saturated rings. The molecule has 0 unspecified atom stereocenters. The number of hydrogen-bond donors (Lipinski definition) is 1. The predicted octanol–water partition coefficient (Wildman–Crippen LogP) is 1.21. The van der Waals surface area contributed by atoms with Crippen LogP contribution < -0.4 is 4.90 Å². The van der Waals surface area contributed by atoms with Crippen molar-refractivity contribution in [2.24, 2.45) is 0 Å². The first kappa shape index (κ1) is 13.4. The molecule has 1 aromatic heterocycles. The fraction of sp³-hybridized carbons (Fsp3) is 0.545. The van der Waals surface area contributed by atoms with Crippen molar-refractivity contribution in [1.29, 1.82) is 0 Å². The molecule has 0 radical (unpaired) electrons. The number of carbonyl (C=O) groups is 1. The van der Waals surface area contributed by atoms with Gasteiger partial charge in [-0.3, -0.25) is 9.88 Å². The average molecular weight is 239 g/mol. The van der Waals surface area contributed by atoms with Gasteiger partial charge >= 0.3 is 6.09 Å². The van der Waals surface area contributed by atoms with Crippen molar-refractivity contribution in [3.05, 3.63) is 18.6 Å². The molecule has 94 valence electrons. The summed E-state index contributed by atoms with van der Waals surface area (Å²) in [5, 5.41) is 8.95. The summed E-state index contributed by atoms with van der Waals surface area (Å²) < 4.78 is 5.21. The molecule has 1 aromatic rings. The highest BCUT2D eigenvalue weighted by Crippen LogP contribution is 2.14. The van der Waals surface area contributed by atoms with Crippen molar-refractivity contribution in [2.75, 3.05) is 18.1 Å². The summed E-state index contributed by atoms with van der Waals surface area (Å²) in [7, 11) is 0. The van der Waals surface area contributed by atoms with Crippen LogP contribution in [0.2, 0.25) is 0 Å². The third kappa shape index (κ3) is 4.36. The second kappa shape index (κ2) is 5.58. The van der Waals surface area contributed by atoms with Crippen molar-refractivity contribution in [2.45, 2.75) is 26.4 Å². The first-order valence-corrected chi connectivity index (χ1v) is 5.31. The van der Waals surface area contributed by atoms with Crippen molar-refractivity contribution in [1.82, 2.24) is 9.97 Å². The molecule has 1 rings (SSSR count). The highest BCUT2D eigenvalue weighted by molar-refractivity contribution is 5.86. The topological polar surface area (TPSA) is 75.5 Å². The van der Waals surface area contributed by atoms with E-state index in [9.17, 15) is 4.79 Å². The second-order valence-corrected chi connectivity index (χ2v) is 4.42. The summed E-state index contributed by atoms with van der Waals surface area (Å²) in [6, 6.07) is 0. The van der Waals surface area contributed by atoms with Crippen LogP contribution in [0.1, 0.15) is 20.8 Å². The van der Waals surface area contributed by atoms with Crippen LogP contribution in [0, 0.1) is 0 Å². The maximum atomic E-state index is 11.9. The minimum atomic E-state index is -0.590. The van der Waals surface area contributed by atoms with Gasteiger partial charge in [-0.15, -0.1) is 0 Å². The van der Waals surface area contributed by atoms with Crippen LogP contribution in [-0.4, -0.2) is 39.9 Å². The Morgan fingerprint density at radius 1 is 1.47 bits per heavy atom. The number of ether oxygens (including phenoxy) is 1. The molecule has 17 heavy (non-hydrogen) atoms. The molecule has 1 heterocycles. The van der Waals surface area contributed by atoms with E-state index >= 15 is 0 Å². The van der Waals surface area contributed by atoms with Gasteiger partial charge in [0.1, 0.15) is 5.60 Å². The predicted molar refractivity (Wildman–Crippen MR) is 62.7 cm³/mol. The van der Waals surface area contributed by atoms with Gasteiger partial charge in [0, 0.05) is 12.4 Å². The first-order chi connectivity index (χ1) is 7.94. The molecule has 0 atom stereocenters. The van der Waals surface area contributed by atoms with Gasteiger partial charge in [-0.2, -0.15) is 0 Å². The SMILES string of the molecule is CC(C)(C)OC(=O)N(CCO)c1cnccn1. The van der Waals surface area contributed by atoms with Crippen LogP contribution in [0.15, 0.2) is 18.6 Å². The van der Waals surface area contributed by atoms with E-state index < -0.39 is 11.7 Å². The summed E-state index contributed by atoms with van der Waals surface area (Å²) in [4.78, 5) is 21.0. The Hall–Kier alpha value is -1.69. The Bertz CT molecular complexity index is 362. The molecule has 1 N–H and O–H groups in total. The Morgan fingerprint density at radius 3 is 2.65 bits per heavy atom. The van der Waals surface area contributed by atoms with E-state index in [2.05, 4.69) is 9.97 Å². The molecule has 0 spiro atoms. The maximum Gasteiger partial charge on any atom is 0.416 e. The van der Waals surface area contributed by atoms with Gasteiger partial charge in [-0.25, -0.2) is 9.78 Å². The van der Waals surface area contributed by atoms with E-state index in [-0.39, 0.29) is 13.2 Å². The lowest BCUT2D eigenvalue weighted by molar-refractivity contribution is 0.0572. The van der Waals surface area contributed by atoms with Crippen LogP contribution in [0.25, 0.3) is 0 Å². The van der Waals surface area contributed by atoms with Gasteiger partial charge in [-0.05, 0) is 20.8 Å². The molecule has 0 aliphatic carbocycles. The standard InChI is InChI=1S/C11H17N3O3/c1-11(2,3)17-10(16)14(6-7-15)9-8-12-4-5-13-9/h4-5,8,15H,6-7H2,1-3H3. The lowest BCUT2D eigenvalue weighted by Gasteiger charge is -2.25.